The van der Waals surface area contributed by atoms with Gasteiger partial charge in [0.25, 0.3) is 0 Å². The smallest absolute Gasteiger partial charge is 0.226 e. The van der Waals surface area contributed by atoms with Crippen molar-refractivity contribution in [3.05, 3.63) is 34.2 Å². The summed E-state index contributed by atoms with van der Waals surface area (Å²) in [4.78, 5) is 58.0. The van der Waals surface area contributed by atoms with Crippen LogP contribution in [0.5, 0.6) is 0 Å². The molecule has 10 heteroatoms. The number of imide groups is 1. The number of nitrogens with zero attached hydrogens (tertiary/aromatic N) is 2. The molecule has 0 aliphatic heterocycles. The van der Waals surface area contributed by atoms with Crippen molar-refractivity contribution in [2.24, 2.45) is 5.18 Å². The highest BCUT2D eigenvalue weighted by molar-refractivity contribution is 5.93. The first-order valence-corrected chi connectivity index (χ1v) is 11.7. The average molecular weight is 476 g/mol. The first-order valence-electron chi connectivity index (χ1n) is 11.7. The van der Waals surface area contributed by atoms with Gasteiger partial charge in [-0.3, -0.25) is 29.4 Å². The van der Waals surface area contributed by atoms with Gasteiger partial charge in [-0.2, -0.15) is 4.91 Å². The van der Waals surface area contributed by atoms with Gasteiger partial charge in [-0.15, -0.1) is 0 Å². The molecule has 0 bridgehead atoms. The predicted molar refractivity (Wildman–Crippen MR) is 131 cm³/mol. The van der Waals surface area contributed by atoms with E-state index in [-0.39, 0.29) is 24.3 Å². The van der Waals surface area contributed by atoms with Crippen molar-refractivity contribution in [1.82, 2.24) is 15.5 Å². The van der Waals surface area contributed by atoms with E-state index in [2.05, 4.69) is 21.1 Å². The van der Waals surface area contributed by atoms with Crippen LogP contribution < -0.4 is 16.0 Å². The standard InChI is InChI=1S/C24H37N5O5/c1-19(11-12-23(32)26-18-31)29(2)16-21-20(17-30)8-6-9-22(21)28-24(33)10-4-3-5-13-25-14-7-15-27-34/h6,8-9,17-19,25H,3-5,7,10-16H2,1-2H3,(H,28,33)(H,26,31,32). The molecule has 1 atom stereocenters. The van der Waals surface area contributed by atoms with Crippen molar-refractivity contribution in [3.63, 3.8) is 0 Å². The molecule has 0 spiro atoms. The largest absolute Gasteiger partial charge is 0.326 e. The van der Waals surface area contributed by atoms with E-state index in [1.54, 1.807) is 18.2 Å². The summed E-state index contributed by atoms with van der Waals surface area (Å²) in [5.41, 5.74) is 1.84. The summed E-state index contributed by atoms with van der Waals surface area (Å²) in [6.45, 7) is 4.32. The first kappa shape index (κ1) is 29.1. The number of benzene rings is 1. The molecule has 1 rings (SSSR count). The molecule has 1 aromatic rings. The molecule has 0 aliphatic rings. The van der Waals surface area contributed by atoms with Crippen molar-refractivity contribution in [1.29, 1.82) is 0 Å². The minimum atomic E-state index is -0.331. The van der Waals surface area contributed by atoms with Crippen molar-refractivity contribution in [2.75, 3.05) is 32.0 Å². The fourth-order valence-corrected chi connectivity index (χ4v) is 3.43. The molecule has 0 fully saturated rings. The van der Waals surface area contributed by atoms with Crippen LogP contribution in [-0.4, -0.2) is 62.1 Å². The van der Waals surface area contributed by atoms with Gasteiger partial charge in [-0.05, 0) is 58.8 Å². The quantitative estimate of drug-likeness (QED) is 0.159. The minimum Gasteiger partial charge on any atom is -0.326 e. The highest BCUT2D eigenvalue weighted by Crippen LogP contribution is 2.23. The van der Waals surface area contributed by atoms with Gasteiger partial charge >= 0.3 is 0 Å². The van der Waals surface area contributed by atoms with E-state index in [1.165, 1.54) is 0 Å². The molecule has 0 radical (unpaired) electrons. The first-order chi connectivity index (χ1) is 16.4. The molecule has 0 saturated heterocycles. The van der Waals surface area contributed by atoms with Crippen LogP contribution in [0.1, 0.15) is 67.8 Å². The van der Waals surface area contributed by atoms with E-state index in [1.807, 2.05) is 18.9 Å². The summed E-state index contributed by atoms with van der Waals surface area (Å²) in [6.07, 6.45) is 5.64. The summed E-state index contributed by atoms with van der Waals surface area (Å²) in [5, 5.41) is 11.1. The Hall–Kier alpha value is -2.98. The van der Waals surface area contributed by atoms with Gasteiger partial charge in [-0.1, -0.05) is 23.7 Å². The third-order valence-electron chi connectivity index (χ3n) is 5.64. The Balaban J connectivity index is 2.55. The second-order valence-electron chi connectivity index (χ2n) is 8.29. The second-order valence-corrected chi connectivity index (χ2v) is 8.29. The Kier molecular flexibility index (Phi) is 14.9. The molecule has 34 heavy (non-hydrogen) atoms. The van der Waals surface area contributed by atoms with Crippen LogP contribution in [0.4, 0.5) is 5.69 Å². The highest BCUT2D eigenvalue weighted by atomic mass is 16.3. The maximum absolute atomic E-state index is 12.5. The fourth-order valence-electron chi connectivity index (χ4n) is 3.43. The predicted octanol–water partition coefficient (Wildman–Crippen LogP) is 2.62. The number of aldehydes is 1. The van der Waals surface area contributed by atoms with E-state index < -0.39 is 0 Å². The van der Waals surface area contributed by atoms with Crippen LogP contribution in [0.3, 0.4) is 0 Å². The summed E-state index contributed by atoms with van der Waals surface area (Å²) in [5.74, 6) is -0.432. The normalized spacial score (nSPS) is 11.6. The van der Waals surface area contributed by atoms with Gasteiger partial charge in [0.15, 0.2) is 0 Å². The number of nitrogens with one attached hydrogen (secondary N) is 3. The molecule has 3 amide bonds. The lowest BCUT2D eigenvalue weighted by atomic mass is 10.0. The molecule has 0 heterocycles. The number of carbonyl (C=O) groups excluding carboxylic acids is 4. The zero-order chi connectivity index (χ0) is 25.2. The van der Waals surface area contributed by atoms with Crippen molar-refractivity contribution >= 4 is 30.2 Å². The van der Waals surface area contributed by atoms with Crippen LogP contribution in [0, 0.1) is 4.91 Å². The Bertz CT molecular complexity index is 802. The average Bonchev–Trinajstić information content (AvgIpc) is 2.82. The molecular formula is C24H37N5O5. The Labute approximate surface area is 201 Å². The minimum absolute atomic E-state index is 0.0176. The molecule has 1 aromatic carbocycles. The van der Waals surface area contributed by atoms with E-state index >= 15 is 0 Å². The summed E-state index contributed by atoms with van der Waals surface area (Å²) >= 11 is 0. The van der Waals surface area contributed by atoms with E-state index in [0.29, 0.717) is 43.6 Å². The number of unbranched alkanes of at least 4 members (excludes halogenated alkanes) is 2. The van der Waals surface area contributed by atoms with E-state index in [4.69, 9.17) is 0 Å². The van der Waals surface area contributed by atoms with Gasteiger partial charge in [0.05, 0.1) is 6.54 Å². The third-order valence-corrected chi connectivity index (χ3v) is 5.64. The molecule has 0 aliphatic carbocycles. The van der Waals surface area contributed by atoms with Crippen molar-refractivity contribution in [3.8, 4) is 0 Å². The number of carbonyl (C=O) groups is 4. The SMILES string of the molecule is CC(CCC(=O)NC=O)N(C)Cc1c(C=O)cccc1NC(=O)CCCCCNCCCN=O. The van der Waals surface area contributed by atoms with E-state index in [0.717, 1.165) is 50.6 Å². The Morgan fingerprint density at radius 1 is 1.06 bits per heavy atom. The zero-order valence-corrected chi connectivity index (χ0v) is 20.2. The highest BCUT2D eigenvalue weighted by Gasteiger charge is 2.17. The van der Waals surface area contributed by atoms with Crippen molar-refractivity contribution in [2.45, 2.75) is 64.5 Å². The van der Waals surface area contributed by atoms with Crippen LogP contribution >= 0.6 is 0 Å². The summed E-state index contributed by atoms with van der Waals surface area (Å²) in [6, 6.07) is 5.26. The Morgan fingerprint density at radius 2 is 1.82 bits per heavy atom. The van der Waals surface area contributed by atoms with Crippen LogP contribution in [0.2, 0.25) is 0 Å². The molecule has 188 valence electrons. The van der Waals surface area contributed by atoms with E-state index in [9.17, 15) is 24.1 Å². The Morgan fingerprint density at radius 3 is 2.53 bits per heavy atom. The fraction of sp³-hybridized carbons (Fsp3) is 0.583. The number of rotatable bonds is 19. The van der Waals surface area contributed by atoms with Crippen LogP contribution in [0.25, 0.3) is 0 Å². The van der Waals surface area contributed by atoms with Crippen LogP contribution in [-0.2, 0) is 20.9 Å². The van der Waals surface area contributed by atoms with Gasteiger partial charge in [0.2, 0.25) is 18.2 Å². The van der Waals surface area contributed by atoms with Gasteiger partial charge in [0.1, 0.15) is 6.29 Å². The number of hydrogen-bond acceptors (Lipinski definition) is 8. The maximum atomic E-state index is 12.5. The molecule has 0 aromatic heterocycles. The lowest BCUT2D eigenvalue weighted by molar-refractivity contribution is -0.125. The van der Waals surface area contributed by atoms with Gasteiger partial charge in [-0.25, -0.2) is 0 Å². The number of anilines is 1. The van der Waals surface area contributed by atoms with Gasteiger partial charge in [0, 0.05) is 42.2 Å². The number of nitroso groups, excluding NO2 is 1. The molecule has 1 unspecified atom stereocenters. The third kappa shape index (κ3) is 11.8. The number of amides is 3. The monoisotopic (exact) mass is 475 g/mol. The number of hydrogen-bond donors (Lipinski definition) is 3. The molecular weight excluding hydrogens is 438 g/mol. The molecule has 3 N–H and O–H groups in total. The maximum Gasteiger partial charge on any atom is 0.226 e. The zero-order valence-electron chi connectivity index (χ0n) is 20.2. The lowest BCUT2D eigenvalue weighted by Gasteiger charge is -2.26. The summed E-state index contributed by atoms with van der Waals surface area (Å²) in [7, 11) is 1.89. The lowest BCUT2D eigenvalue weighted by Crippen LogP contribution is -2.31. The molecule has 10 nitrogen and oxygen atoms in total. The van der Waals surface area contributed by atoms with Gasteiger partial charge < -0.3 is 10.6 Å². The topological polar surface area (TPSA) is 137 Å². The second kappa shape index (κ2) is 17.5. The molecule has 0 saturated carbocycles. The van der Waals surface area contributed by atoms with Crippen LogP contribution in [0.15, 0.2) is 23.4 Å². The summed E-state index contributed by atoms with van der Waals surface area (Å²) < 4.78 is 0. The van der Waals surface area contributed by atoms with Crippen molar-refractivity contribution < 1.29 is 19.2 Å².